The van der Waals surface area contributed by atoms with E-state index in [0.717, 1.165) is 29.2 Å². The first kappa shape index (κ1) is 9.87. The minimum Gasteiger partial charge on any atom is -0.348 e. The number of nitrogens with one attached hydrogen (secondary N) is 2. The van der Waals surface area contributed by atoms with Gasteiger partial charge < -0.3 is 10.3 Å². The molecule has 0 fully saturated rings. The molecule has 3 rings (SSSR count). The smallest absolute Gasteiger partial charge is 0.0926 e. The molecule has 0 saturated heterocycles. The molecule has 16 heavy (non-hydrogen) atoms. The van der Waals surface area contributed by atoms with E-state index in [1.54, 1.807) is 6.33 Å². The number of halogens is 1. The number of rotatable bonds is 1. The van der Waals surface area contributed by atoms with Gasteiger partial charge in [-0.3, -0.25) is 0 Å². The Morgan fingerprint density at radius 3 is 3.06 bits per heavy atom. The third-order valence-electron chi connectivity index (χ3n) is 2.96. The van der Waals surface area contributed by atoms with Crippen LogP contribution in [0.3, 0.4) is 0 Å². The van der Waals surface area contributed by atoms with Gasteiger partial charge in [-0.25, -0.2) is 4.98 Å². The van der Waals surface area contributed by atoms with E-state index in [4.69, 9.17) is 11.6 Å². The van der Waals surface area contributed by atoms with E-state index in [-0.39, 0.29) is 6.04 Å². The van der Waals surface area contributed by atoms with Crippen molar-refractivity contribution in [3.63, 3.8) is 0 Å². The molecule has 1 aromatic heterocycles. The number of nitrogens with zero attached hydrogens (tertiary/aromatic N) is 1. The molecule has 0 saturated carbocycles. The Morgan fingerprint density at radius 2 is 2.19 bits per heavy atom. The van der Waals surface area contributed by atoms with Gasteiger partial charge in [0.25, 0.3) is 0 Å². The molecule has 3 nitrogen and oxygen atoms in total. The lowest BCUT2D eigenvalue weighted by Gasteiger charge is -2.24. The van der Waals surface area contributed by atoms with Gasteiger partial charge in [0, 0.05) is 23.7 Å². The van der Waals surface area contributed by atoms with Crippen LogP contribution in [0, 0.1) is 0 Å². The van der Waals surface area contributed by atoms with Crippen LogP contribution in [-0.4, -0.2) is 16.5 Å². The zero-order valence-corrected chi connectivity index (χ0v) is 9.46. The van der Waals surface area contributed by atoms with Crippen LogP contribution in [-0.2, 0) is 6.42 Å². The quantitative estimate of drug-likeness (QED) is 0.794. The Labute approximate surface area is 98.9 Å². The normalized spacial score (nSPS) is 19.4. The van der Waals surface area contributed by atoms with E-state index in [2.05, 4.69) is 15.3 Å². The SMILES string of the molecule is Clc1ccccc1[C@@H]1NCCc2[nH]cnc21. The number of hydrogen-bond donors (Lipinski definition) is 2. The van der Waals surface area contributed by atoms with Gasteiger partial charge in [-0.1, -0.05) is 29.8 Å². The van der Waals surface area contributed by atoms with Crippen LogP contribution in [0.15, 0.2) is 30.6 Å². The Hall–Kier alpha value is -1.32. The number of benzene rings is 1. The fourth-order valence-corrected chi connectivity index (χ4v) is 2.43. The second-order valence-electron chi connectivity index (χ2n) is 3.92. The molecule has 0 unspecified atom stereocenters. The maximum absolute atomic E-state index is 6.21. The van der Waals surface area contributed by atoms with Crippen LogP contribution in [0.4, 0.5) is 0 Å². The first-order valence-corrected chi connectivity index (χ1v) is 5.74. The third-order valence-corrected chi connectivity index (χ3v) is 3.31. The summed E-state index contributed by atoms with van der Waals surface area (Å²) in [6.45, 7) is 0.949. The van der Waals surface area contributed by atoms with Crippen LogP contribution >= 0.6 is 11.6 Å². The zero-order valence-electron chi connectivity index (χ0n) is 8.70. The van der Waals surface area contributed by atoms with Gasteiger partial charge in [-0.2, -0.15) is 0 Å². The van der Waals surface area contributed by atoms with Crippen molar-refractivity contribution >= 4 is 11.6 Å². The molecule has 0 radical (unpaired) electrons. The fourth-order valence-electron chi connectivity index (χ4n) is 2.19. The molecule has 4 heteroatoms. The topological polar surface area (TPSA) is 40.7 Å². The average Bonchev–Trinajstić information content (AvgIpc) is 2.77. The number of hydrogen-bond acceptors (Lipinski definition) is 2. The van der Waals surface area contributed by atoms with Crippen molar-refractivity contribution in [3.05, 3.63) is 52.6 Å². The van der Waals surface area contributed by atoms with Crippen molar-refractivity contribution < 1.29 is 0 Å². The van der Waals surface area contributed by atoms with Gasteiger partial charge in [0.05, 0.1) is 18.1 Å². The van der Waals surface area contributed by atoms with Crippen LogP contribution in [0.2, 0.25) is 5.02 Å². The van der Waals surface area contributed by atoms with E-state index < -0.39 is 0 Å². The summed E-state index contributed by atoms with van der Waals surface area (Å²) in [7, 11) is 0. The van der Waals surface area contributed by atoms with Crippen LogP contribution < -0.4 is 5.32 Å². The van der Waals surface area contributed by atoms with Crippen molar-refractivity contribution in [1.82, 2.24) is 15.3 Å². The number of aromatic amines is 1. The van der Waals surface area contributed by atoms with Crippen LogP contribution in [0.5, 0.6) is 0 Å². The molecule has 2 N–H and O–H groups in total. The fraction of sp³-hybridized carbons (Fsp3) is 0.250. The van der Waals surface area contributed by atoms with Crippen molar-refractivity contribution in [1.29, 1.82) is 0 Å². The summed E-state index contributed by atoms with van der Waals surface area (Å²) in [5.74, 6) is 0. The van der Waals surface area contributed by atoms with E-state index in [1.807, 2.05) is 24.3 Å². The largest absolute Gasteiger partial charge is 0.348 e. The minimum absolute atomic E-state index is 0.115. The molecule has 1 aliphatic heterocycles. The predicted molar refractivity (Wildman–Crippen MR) is 63.6 cm³/mol. The number of aromatic nitrogens is 2. The monoisotopic (exact) mass is 233 g/mol. The van der Waals surface area contributed by atoms with Crippen molar-refractivity contribution in [2.24, 2.45) is 0 Å². The van der Waals surface area contributed by atoms with E-state index in [0.29, 0.717) is 0 Å². The second kappa shape index (κ2) is 3.92. The highest BCUT2D eigenvalue weighted by molar-refractivity contribution is 6.31. The van der Waals surface area contributed by atoms with Crippen LogP contribution in [0.25, 0.3) is 0 Å². The first-order chi connectivity index (χ1) is 7.86. The van der Waals surface area contributed by atoms with Gasteiger partial charge in [0.2, 0.25) is 0 Å². The van der Waals surface area contributed by atoms with Gasteiger partial charge in [-0.05, 0) is 11.6 Å². The summed E-state index contributed by atoms with van der Waals surface area (Å²) in [5, 5.41) is 4.24. The lowest BCUT2D eigenvalue weighted by molar-refractivity contribution is 0.553. The van der Waals surface area contributed by atoms with E-state index in [1.165, 1.54) is 5.69 Å². The lowest BCUT2D eigenvalue weighted by Crippen LogP contribution is -2.30. The number of H-pyrrole nitrogens is 1. The number of fused-ring (bicyclic) bond motifs is 1. The summed E-state index contributed by atoms with van der Waals surface area (Å²) < 4.78 is 0. The predicted octanol–water partition coefficient (Wildman–Crippen LogP) is 2.30. The Morgan fingerprint density at radius 1 is 1.31 bits per heavy atom. The maximum Gasteiger partial charge on any atom is 0.0926 e. The molecule has 0 amide bonds. The Kier molecular flexibility index (Phi) is 2.42. The lowest BCUT2D eigenvalue weighted by atomic mass is 9.98. The molecule has 1 aliphatic rings. The van der Waals surface area contributed by atoms with E-state index in [9.17, 15) is 0 Å². The second-order valence-corrected chi connectivity index (χ2v) is 4.33. The first-order valence-electron chi connectivity index (χ1n) is 5.36. The van der Waals surface area contributed by atoms with Gasteiger partial charge in [0.1, 0.15) is 0 Å². The van der Waals surface area contributed by atoms with Crippen molar-refractivity contribution in [2.75, 3.05) is 6.54 Å². The highest BCUT2D eigenvalue weighted by Crippen LogP contribution is 2.30. The highest BCUT2D eigenvalue weighted by Gasteiger charge is 2.24. The third kappa shape index (κ3) is 1.52. The molecule has 0 spiro atoms. The van der Waals surface area contributed by atoms with Crippen molar-refractivity contribution in [2.45, 2.75) is 12.5 Å². The molecule has 2 heterocycles. The summed E-state index contributed by atoms with van der Waals surface area (Å²) >= 11 is 6.21. The standard InChI is InChI=1S/C12H12ClN3/c13-9-4-2-1-3-8(9)11-12-10(5-6-14-11)15-7-16-12/h1-4,7,11,14H,5-6H2,(H,15,16)/t11-/m0/s1. The molecule has 1 atom stereocenters. The molecule has 0 aliphatic carbocycles. The minimum atomic E-state index is 0.115. The molecule has 2 aromatic rings. The summed E-state index contributed by atoms with van der Waals surface area (Å²) in [5.41, 5.74) is 3.38. The molecule has 0 bridgehead atoms. The van der Waals surface area contributed by atoms with E-state index >= 15 is 0 Å². The summed E-state index contributed by atoms with van der Waals surface area (Å²) in [6, 6.07) is 8.02. The Balaban J connectivity index is 2.08. The number of imidazole rings is 1. The molecule has 82 valence electrons. The van der Waals surface area contributed by atoms with Gasteiger partial charge in [0.15, 0.2) is 0 Å². The van der Waals surface area contributed by atoms with Crippen LogP contribution in [0.1, 0.15) is 23.0 Å². The maximum atomic E-state index is 6.21. The van der Waals surface area contributed by atoms with Crippen molar-refractivity contribution in [3.8, 4) is 0 Å². The Bertz CT molecular complexity index is 506. The summed E-state index contributed by atoms with van der Waals surface area (Å²) in [4.78, 5) is 7.56. The zero-order chi connectivity index (χ0) is 11.0. The highest BCUT2D eigenvalue weighted by atomic mass is 35.5. The van der Waals surface area contributed by atoms with Gasteiger partial charge >= 0.3 is 0 Å². The summed E-state index contributed by atoms with van der Waals surface area (Å²) in [6.07, 6.45) is 2.75. The van der Waals surface area contributed by atoms with Gasteiger partial charge in [-0.15, -0.1) is 0 Å². The molecular formula is C12H12ClN3. The molecule has 1 aromatic carbocycles. The average molecular weight is 234 g/mol. The molecular weight excluding hydrogens is 222 g/mol.